The van der Waals surface area contributed by atoms with E-state index in [9.17, 15) is 4.79 Å². The van der Waals surface area contributed by atoms with E-state index in [1.54, 1.807) is 0 Å². The lowest BCUT2D eigenvalue weighted by molar-refractivity contribution is -0.0164. The van der Waals surface area contributed by atoms with Crippen LogP contribution in [0.2, 0.25) is 0 Å². The number of rotatable bonds is 4. The molecule has 2 nitrogen and oxygen atoms in total. The van der Waals surface area contributed by atoms with Crippen molar-refractivity contribution < 1.29 is 9.53 Å². The summed E-state index contributed by atoms with van der Waals surface area (Å²) in [5, 5.41) is 0. The van der Waals surface area contributed by atoms with E-state index in [0.29, 0.717) is 6.61 Å². The molecular weight excluding hydrogens is 212 g/mol. The van der Waals surface area contributed by atoms with Crippen molar-refractivity contribution in [2.24, 2.45) is 0 Å². The zero-order valence-electron chi connectivity index (χ0n) is 10.7. The Morgan fingerprint density at radius 1 is 1.29 bits per heavy atom. The van der Waals surface area contributed by atoms with Crippen LogP contribution in [0.5, 0.6) is 0 Å². The first kappa shape index (κ1) is 12.3. The van der Waals surface area contributed by atoms with E-state index >= 15 is 0 Å². The van der Waals surface area contributed by atoms with E-state index in [4.69, 9.17) is 4.74 Å². The number of hydrogen-bond acceptors (Lipinski definition) is 2. The lowest BCUT2D eigenvalue weighted by atomic mass is 9.89. The Kier molecular flexibility index (Phi) is 3.63. The maximum absolute atomic E-state index is 12.7. The number of benzene rings is 1. The second kappa shape index (κ2) is 5.01. The van der Waals surface area contributed by atoms with Crippen molar-refractivity contribution >= 4 is 5.78 Å². The van der Waals surface area contributed by atoms with Crippen LogP contribution in [0, 0.1) is 6.92 Å². The van der Waals surface area contributed by atoms with Crippen LogP contribution in [-0.4, -0.2) is 18.0 Å². The van der Waals surface area contributed by atoms with Crippen molar-refractivity contribution in [2.45, 2.75) is 45.1 Å². The number of aryl methyl sites for hydroxylation is 1. The van der Waals surface area contributed by atoms with E-state index in [1.165, 1.54) is 0 Å². The van der Waals surface area contributed by atoms with E-state index < -0.39 is 5.60 Å². The van der Waals surface area contributed by atoms with Gasteiger partial charge in [0.05, 0.1) is 0 Å². The molecule has 0 bridgehead atoms. The highest BCUT2D eigenvalue weighted by Crippen LogP contribution is 2.36. The number of hydrogen-bond donors (Lipinski definition) is 0. The summed E-state index contributed by atoms with van der Waals surface area (Å²) in [5.74, 6) is 0.176. The van der Waals surface area contributed by atoms with Crippen molar-refractivity contribution in [3.05, 3.63) is 35.4 Å². The lowest BCUT2D eigenvalue weighted by Gasteiger charge is -2.27. The molecule has 17 heavy (non-hydrogen) atoms. The van der Waals surface area contributed by atoms with Gasteiger partial charge in [-0.2, -0.15) is 0 Å². The monoisotopic (exact) mass is 232 g/mol. The van der Waals surface area contributed by atoms with Crippen LogP contribution in [0.4, 0.5) is 0 Å². The third-order valence-electron chi connectivity index (χ3n) is 3.64. The van der Waals surface area contributed by atoms with Gasteiger partial charge < -0.3 is 4.74 Å². The van der Waals surface area contributed by atoms with Gasteiger partial charge in [0.25, 0.3) is 0 Å². The standard InChI is InChI=1S/C15H20O2/c1-3-17-15(10-6-7-11-15)14(16)13-9-5-4-8-12(13)2/h4-5,8-9H,3,6-7,10-11H2,1-2H3. The Bertz CT molecular complexity index is 403. The molecule has 0 radical (unpaired) electrons. The van der Waals surface area contributed by atoms with Crippen LogP contribution >= 0.6 is 0 Å². The molecule has 2 heteroatoms. The molecule has 0 atom stereocenters. The Morgan fingerprint density at radius 3 is 2.53 bits per heavy atom. The minimum atomic E-state index is -0.541. The van der Waals surface area contributed by atoms with Crippen molar-refractivity contribution in [3.8, 4) is 0 Å². The molecule has 1 saturated carbocycles. The van der Waals surface area contributed by atoms with Gasteiger partial charge in [0, 0.05) is 12.2 Å². The van der Waals surface area contributed by atoms with E-state index in [2.05, 4.69) is 0 Å². The molecule has 0 saturated heterocycles. The number of ether oxygens (including phenoxy) is 1. The van der Waals surface area contributed by atoms with Crippen LogP contribution in [-0.2, 0) is 4.74 Å². The molecule has 2 rings (SSSR count). The van der Waals surface area contributed by atoms with Crippen LogP contribution in [0.1, 0.15) is 48.5 Å². The third kappa shape index (κ3) is 2.27. The summed E-state index contributed by atoms with van der Waals surface area (Å²) < 4.78 is 5.81. The van der Waals surface area contributed by atoms with Crippen molar-refractivity contribution in [2.75, 3.05) is 6.61 Å². The van der Waals surface area contributed by atoms with Gasteiger partial charge in [-0.15, -0.1) is 0 Å². The number of carbonyl (C=O) groups excluding carboxylic acids is 1. The summed E-state index contributed by atoms with van der Waals surface area (Å²) in [5.41, 5.74) is 1.33. The van der Waals surface area contributed by atoms with Gasteiger partial charge in [-0.3, -0.25) is 4.79 Å². The van der Waals surface area contributed by atoms with Crippen molar-refractivity contribution in [1.82, 2.24) is 0 Å². The predicted octanol–water partition coefficient (Wildman–Crippen LogP) is 3.53. The molecule has 0 spiro atoms. The van der Waals surface area contributed by atoms with Gasteiger partial charge in [-0.05, 0) is 45.1 Å². The highest BCUT2D eigenvalue weighted by molar-refractivity contribution is 6.03. The largest absolute Gasteiger partial charge is 0.367 e. The maximum Gasteiger partial charge on any atom is 0.194 e. The third-order valence-corrected chi connectivity index (χ3v) is 3.64. The SMILES string of the molecule is CCOC1(C(=O)c2ccccc2C)CCCC1. The Morgan fingerprint density at radius 2 is 1.94 bits per heavy atom. The molecule has 1 aliphatic rings. The van der Waals surface area contributed by atoms with Gasteiger partial charge in [0.15, 0.2) is 5.78 Å². The molecule has 1 aromatic rings. The topological polar surface area (TPSA) is 26.3 Å². The zero-order valence-corrected chi connectivity index (χ0v) is 10.7. The maximum atomic E-state index is 12.7. The fraction of sp³-hybridized carbons (Fsp3) is 0.533. The van der Waals surface area contributed by atoms with E-state index in [-0.39, 0.29) is 5.78 Å². The molecule has 1 aromatic carbocycles. The van der Waals surface area contributed by atoms with Gasteiger partial charge in [-0.1, -0.05) is 24.3 Å². The molecule has 0 N–H and O–H groups in total. The van der Waals surface area contributed by atoms with E-state index in [1.807, 2.05) is 38.1 Å². The molecule has 0 unspecified atom stereocenters. The van der Waals surface area contributed by atoms with Crippen LogP contribution < -0.4 is 0 Å². The van der Waals surface area contributed by atoms with Crippen molar-refractivity contribution in [3.63, 3.8) is 0 Å². The first-order valence-corrected chi connectivity index (χ1v) is 6.44. The van der Waals surface area contributed by atoms with Crippen molar-refractivity contribution in [1.29, 1.82) is 0 Å². The molecule has 0 amide bonds. The van der Waals surface area contributed by atoms with Crippen LogP contribution in [0.15, 0.2) is 24.3 Å². The minimum absolute atomic E-state index is 0.176. The highest BCUT2D eigenvalue weighted by atomic mass is 16.5. The summed E-state index contributed by atoms with van der Waals surface area (Å²) >= 11 is 0. The average Bonchev–Trinajstić information content (AvgIpc) is 2.79. The van der Waals surface area contributed by atoms with E-state index in [0.717, 1.165) is 36.8 Å². The summed E-state index contributed by atoms with van der Waals surface area (Å²) in [6.07, 6.45) is 3.93. The molecule has 1 aliphatic carbocycles. The molecule has 0 heterocycles. The smallest absolute Gasteiger partial charge is 0.194 e. The predicted molar refractivity (Wildman–Crippen MR) is 68.3 cm³/mol. The molecule has 0 aliphatic heterocycles. The highest BCUT2D eigenvalue weighted by Gasteiger charge is 2.42. The molecular formula is C15H20O2. The fourth-order valence-corrected chi connectivity index (χ4v) is 2.73. The Labute approximate surface area is 103 Å². The molecule has 92 valence electrons. The normalized spacial score (nSPS) is 18.2. The van der Waals surface area contributed by atoms with Crippen LogP contribution in [0.3, 0.4) is 0 Å². The average molecular weight is 232 g/mol. The first-order valence-electron chi connectivity index (χ1n) is 6.44. The minimum Gasteiger partial charge on any atom is -0.367 e. The second-order valence-electron chi connectivity index (χ2n) is 4.78. The summed E-state index contributed by atoms with van der Waals surface area (Å²) in [6.45, 7) is 4.56. The first-order chi connectivity index (χ1) is 8.19. The lowest BCUT2D eigenvalue weighted by Crippen LogP contribution is -2.39. The summed E-state index contributed by atoms with van der Waals surface area (Å²) in [6, 6.07) is 7.79. The summed E-state index contributed by atoms with van der Waals surface area (Å²) in [4.78, 5) is 12.7. The van der Waals surface area contributed by atoms with Gasteiger partial charge >= 0.3 is 0 Å². The Hall–Kier alpha value is -1.15. The number of Topliss-reactive ketones (excluding diaryl/α,β-unsaturated/α-hetero) is 1. The quantitative estimate of drug-likeness (QED) is 0.742. The fourth-order valence-electron chi connectivity index (χ4n) is 2.73. The number of carbonyl (C=O) groups is 1. The second-order valence-corrected chi connectivity index (χ2v) is 4.78. The van der Waals surface area contributed by atoms with Gasteiger partial charge in [0.1, 0.15) is 5.60 Å². The van der Waals surface area contributed by atoms with Crippen LogP contribution in [0.25, 0.3) is 0 Å². The Balaban J connectivity index is 2.32. The van der Waals surface area contributed by atoms with Gasteiger partial charge in [-0.25, -0.2) is 0 Å². The number of ketones is 1. The molecule has 1 fully saturated rings. The summed E-state index contributed by atoms with van der Waals surface area (Å²) in [7, 11) is 0. The zero-order chi connectivity index (χ0) is 12.3. The van der Waals surface area contributed by atoms with Gasteiger partial charge in [0.2, 0.25) is 0 Å². The molecule has 0 aromatic heterocycles.